The Balaban J connectivity index is 1.31. The van der Waals surface area contributed by atoms with E-state index in [0.29, 0.717) is 18.7 Å². The van der Waals surface area contributed by atoms with E-state index >= 15 is 0 Å². The fourth-order valence-corrected chi connectivity index (χ4v) is 5.44. The highest BCUT2D eigenvalue weighted by Crippen LogP contribution is 2.23. The van der Waals surface area contributed by atoms with Gasteiger partial charge in [-0.25, -0.2) is 12.8 Å². The van der Waals surface area contributed by atoms with Gasteiger partial charge in [-0.1, -0.05) is 26.0 Å². The molecule has 1 atom stereocenters. The molecule has 2 aromatic rings. The highest BCUT2D eigenvalue weighted by Gasteiger charge is 2.32. The van der Waals surface area contributed by atoms with Gasteiger partial charge >= 0.3 is 0 Å². The van der Waals surface area contributed by atoms with Gasteiger partial charge in [0.15, 0.2) is 0 Å². The van der Waals surface area contributed by atoms with Gasteiger partial charge in [-0.3, -0.25) is 19.4 Å². The van der Waals surface area contributed by atoms with Crippen LogP contribution in [0, 0.1) is 11.7 Å². The van der Waals surface area contributed by atoms with Crippen molar-refractivity contribution in [3.05, 3.63) is 59.9 Å². The van der Waals surface area contributed by atoms with Crippen LogP contribution in [0.5, 0.6) is 0 Å². The molecule has 182 valence electrons. The zero-order chi connectivity index (χ0) is 24.3. The van der Waals surface area contributed by atoms with E-state index in [1.54, 1.807) is 30.3 Å². The van der Waals surface area contributed by atoms with E-state index in [0.717, 1.165) is 31.9 Å². The van der Waals surface area contributed by atoms with Crippen molar-refractivity contribution in [1.29, 1.82) is 0 Å². The van der Waals surface area contributed by atoms with E-state index in [-0.39, 0.29) is 28.4 Å². The lowest BCUT2D eigenvalue weighted by molar-refractivity contribution is -0.123. The maximum absolute atomic E-state index is 13.1. The number of carbonyl (C=O) groups excluding carboxylic acids is 1. The number of hydrogen-bond donors (Lipinski definition) is 2. The third-order valence-corrected chi connectivity index (χ3v) is 7.52. The fourth-order valence-electron chi connectivity index (χ4n) is 4.20. The number of hydrogen-bond acceptors (Lipinski definition) is 6. The molecule has 1 saturated heterocycles. The topological polar surface area (TPSA) is 94.1 Å². The average molecular weight is 488 g/mol. The molecule has 2 aliphatic rings. The minimum Gasteiger partial charge on any atom is -0.369 e. The lowest BCUT2D eigenvalue weighted by Crippen LogP contribution is -2.49. The van der Waals surface area contributed by atoms with Gasteiger partial charge in [-0.05, 0) is 42.3 Å². The van der Waals surface area contributed by atoms with Crippen LogP contribution in [0.4, 0.5) is 10.1 Å². The summed E-state index contributed by atoms with van der Waals surface area (Å²) in [5.41, 5.74) is 1.50. The van der Waals surface area contributed by atoms with E-state index in [1.807, 2.05) is 13.8 Å². The molecule has 0 radical (unpaired) electrons. The van der Waals surface area contributed by atoms with Crippen LogP contribution in [0.1, 0.15) is 19.4 Å². The second-order valence-electron chi connectivity index (χ2n) is 8.86. The van der Waals surface area contributed by atoms with Crippen molar-refractivity contribution in [3.63, 3.8) is 0 Å². The summed E-state index contributed by atoms with van der Waals surface area (Å²) in [6.07, 6.45) is 0. The Kier molecular flexibility index (Phi) is 7.18. The molecule has 2 aromatic carbocycles. The number of aliphatic imine (C=N–C) groups is 1. The van der Waals surface area contributed by atoms with Crippen LogP contribution in [0.2, 0.25) is 0 Å². The molecule has 2 heterocycles. The highest BCUT2D eigenvalue weighted by molar-refractivity contribution is 7.90. The minimum absolute atomic E-state index is 0.107. The summed E-state index contributed by atoms with van der Waals surface area (Å²) in [5, 5.41) is 2.96. The number of amides is 1. The van der Waals surface area contributed by atoms with Crippen molar-refractivity contribution in [1.82, 2.24) is 14.9 Å². The first-order valence-corrected chi connectivity index (χ1v) is 12.9. The van der Waals surface area contributed by atoms with Gasteiger partial charge in [-0.15, -0.1) is 0 Å². The van der Waals surface area contributed by atoms with Crippen LogP contribution in [-0.2, 0) is 14.8 Å². The number of halogens is 1. The maximum Gasteiger partial charge on any atom is 0.263 e. The van der Waals surface area contributed by atoms with E-state index in [9.17, 15) is 17.6 Å². The number of nitrogens with one attached hydrogen (secondary N) is 2. The Bertz CT molecular complexity index is 1160. The number of carbonyl (C=O) groups is 1. The number of nitrogens with zero attached hydrogens (tertiary/aromatic N) is 3. The van der Waals surface area contributed by atoms with Crippen molar-refractivity contribution < 1.29 is 17.6 Å². The Hall–Kier alpha value is -2.98. The van der Waals surface area contributed by atoms with Crippen LogP contribution in [0.25, 0.3) is 0 Å². The predicted molar refractivity (Wildman–Crippen MR) is 130 cm³/mol. The second-order valence-corrected chi connectivity index (χ2v) is 10.5. The molecule has 2 aliphatic heterocycles. The number of amidine groups is 1. The van der Waals surface area contributed by atoms with Gasteiger partial charge in [0, 0.05) is 50.5 Å². The number of benzene rings is 2. The summed E-state index contributed by atoms with van der Waals surface area (Å²) >= 11 is 0. The largest absolute Gasteiger partial charge is 0.369 e. The van der Waals surface area contributed by atoms with Crippen molar-refractivity contribution in [2.24, 2.45) is 10.9 Å². The molecule has 0 bridgehead atoms. The number of sulfonamides is 1. The normalized spacial score (nSPS) is 19.6. The maximum atomic E-state index is 13.1. The SMILES string of the molecule is CC(C)[C@H](N=C1NS(=O)(=O)c2ccccc21)C(=O)NCCN1CCN(c2ccc(F)cc2)CC1. The summed E-state index contributed by atoms with van der Waals surface area (Å²) in [6.45, 7) is 8.33. The molecule has 0 aromatic heterocycles. The van der Waals surface area contributed by atoms with Gasteiger partial charge < -0.3 is 10.2 Å². The van der Waals surface area contributed by atoms with Crippen LogP contribution in [0.3, 0.4) is 0 Å². The zero-order valence-corrected chi connectivity index (χ0v) is 20.2. The lowest BCUT2D eigenvalue weighted by Gasteiger charge is -2.36. The van der Waals surface area contributed by atoms with E-state index in [4.69, 9.17) is 0 Å². The minimum atomic E-state index is -3.65. The van der Waals surface area contributed by atoms with Gasteiger partial charge in [-0.2, -0.15) is 0 Å². The molecule has 8 nitrogen and oxygen atoms in total. The standard InChI is InChI=1S/C24H30FN5O3S/c1-17(2)22(27-23-20-5-3-4-6-21(20)34(32,33)28-23)24(31)26-11-12-29-13-15-30(16-14-29)19-9-7-18(25)8-10-19/h3-10,17,22H,11-16H2,1-2H3,(H,26,31)(H,27,28)/t22-/m0/s1. The van der Waals surface area contributed by atoms with Crippen molar-refractivity contribution in [2.45, 2.75) is 24.8 Å². The molecule has 34 heavy (non-hydrogen) atoms. The van der Waals surface area contributed by atoms with Gasteiger partial charge in [0.1, 0.15) is 17.7 Å². The Morgan fingerprint density at radius 1 is 1.09 bits per heavy atom. The Morgan fingerprint density at radius 3 is 2.44 bits per heavy atom. The van der Waals surface area contributed by atoms with Crippen LogP contribution in [-0.4, -0.2) is 70.4 Å². The smallest absolute Gasteiger partial charge is 0.263 e. The van der Waals surface area contributed by atoms with E-state index in [1.165, 1.54) is 18.2 Å². The Morgan fingerprint density at radius 2 is 1.76 bits per heavy atom. The van der Waals surface area contributed by atoms with E-state index < -0.39 is 16.1 Å². The summed E-state index contributed by atoms with van der Waals surface area (Å²) in [6, 6.07) is 12.4. The van der Waals surface area contributed by atoms with Crippen LogP contribution in [0.15, 0.2) is 58.4 Å². The average Bonchev–Trinajstić information content (AvgIpc) is 3.08. The number of piperazine rings is 1. The number of anilines is 1. The summed E-state index contributed by atoms with van der Waals surface area (Å²) in [5.74, 6) is -0.362. The Labute approximate surface area is 199 Å². The summed E-state index contributed by atoms with van der Waals surface area (Å²) < 4.78 is 40.3. The zero-order valence-electron chi connectivity index (χ0n) is 19.4. The number of rotatable bonds is 7. The van der Waals surface area contributed by atoms with Crippen molar-refractivity contribution in [2.75, 3.05) is 44.2 Å². The monoisotopic (exact) mass is 487 g/mol. The lowest BCUT2D eigenvalue weighted by atomic mass is 10.0. The molecular weight excluding hydrogens is 457 g/mol. The molecule has 1 fully saturated rings. The van der Waals surface area contributed by atoms with Crippen molar-refractivity contribution in [3.8, 4) is 0 Å². The molecule has 10 heteroatoms. The first kappa shape index (κ1) is 24.2. The van der Waals surface area contributed by atoms with Gasteiger partial charge in [0.25, 0.3) is 10.0 Å². The summed E-state index contributed by atoms with van der Waals surface area (Å²) in [4.78, 5) is 22.1. The molecule has 0 unspecified atom stereocenters. The van der Waals surface area contributed by atoms with E-state index in [2.05, 4.69) is 24.8 Å². The predicted octanol–water partition coefficient (Wildman–Crippen LogP) is 1.83. The first-order valence-electron chi connectivity index (χ1n) is 11.5. The first-order chi connectivity index (χ1) is 16.2. The van der Waals surface area contributed by atoms with Crippen LogP contribution < -0.4 is 14.9 Å². The van der Waals surface area contributed by atoms with Gasteiger partial charge in [0.2, 0.25) is 5.91 Å². The highest BCUT2D eigenvalue weighted by atomic mass is 32.2. The molecule has 0 spiro atoms. The molecular formula is C24H30FN5O3S. The molecule has 1 amide bonds. The van der Waals surface area contributed by atoms with Gasteiger partial charge in [0.05, 0.1) is 4.90 Å². The third kappa shape index (κ3) is 5.39. The quantitative estimate of drug-likeness (QED) is 0.622. The second kappa shape index (κ2) is 10.1. The molecule has 0 aliphatic carbocycles. The molecule has 2 N–H and O–H groups in total. The fraction of sp³-hybridized carbons (Fsp3) is 0.417. The van der Waals surface area contributed by atoms with Crippen LogP contribution >= 0.6 is 0 Å². The third-order valence-electron chi connectivity index (χ3n) is 6.12. The van der Waals surface area contributed by atoms with Crippen molar-refractivity contribution >= 4 is 27.5 Å². The molecule has 0 saturated carbocycles. The number of fused-ring (bicyclic) bond motifs is 1. The summed E-state index contributed by atoms with van der Waals surface area (Å²) in [7, 11) is -3.65. The molecule has 4 rings (SSSR count).